The summed E-state index contributed by atoms with van der Waals surface area (Å²) >= 11 is 0. The molecule has 0 amide bonds. The number of benzene rings is 1. The lowest BCUT2D eigenvalue weighted by atomic mass is 9.81. The quantitative estimate of drug-likeness (QED) is 0.767. The van der Waals surface area contributed by atoms with Crippen molar-refractivity contribution in [1.82, 2.24) is 9.80 Å². The van der Waals surface area contributed by atoms with E-state index in [2.05, 4.69) is 40.1 Å². The highest BCUT2D eigenvalue weighted by atomic mass is 16.3. The molecule has 0 atom stereocenters. The number of hydrogen-bond acceptors (Lipinski definition) is 4. The van der Waals surface area contributed by atoms with E-state index in [9.17, 15) is 4.79 Å². The Balaban J connectivity index is 1.22. The second-order valence-corrected chi connectivity index (χ2v) is 7.63. The summed E-state index contributed by atoms with van der Waals surface area (Å²) in [5.74, 6) is 1.30. The van der Waals surface area contributed by atoms with Gasteiger partial charge in [0, 0.05) is 32.2 Å². The summed E-state index contributed by atoms with van der Waals surface area (Å²) in [4.78, 5) is 17.1. The Morgan fingerprint density at radius 3 is 2.31 bits per heavy atom. The van der Waals surface area contributed by atoms with E-state index in [1.165, 1.54) is 31.2 Å². The number of carbonyl (C=O) groups is 1. The van der Waals surface area contributed by atoms with Crippen LogP contribution in [0.5, 0.6) is 0 Å². The second kappa shape index (κ2) is 8.19. The molecule has 1 saturated heterocycles. The van der Waals surface area contributed by atoms with Crippen LogP contribution in [0.2, 0.25) is 0 Å². The SMILES string of the molecule is O=C(CN1CCN(C2CCC(c3ccccc3)CC2)CC1)c1ccco1. The van der Waals surface area contributed by atoms with Crippen LogP contribution in [-0.4, -0.2) is 54.3 Å². The maximum atomic E-state index is 12.2. The Bertz CT molecular complexity index is 682. The fourth-order valence-corrected chi connectivity index (χ4v) is 4.50. The van der Waals surface area contributed by atoms with E-state index < -0.39 is 0 Å². The van der Waals surface area contributed by atoms with E-state index in [1.54, 1.807) is 18.4 Å². The number of piperazine rings is 1. The van der Waals surface area contributed by atoms with Gasteiger partial charge in [-0.25, -0.2) is 0 Å². The van der Waals surface area contributed by atoms with Crippen molar-refractivity contribution in [2.24, 2.45) is 0 Å². The van der Waals surface area contributed by atoms with E-state index in [0.717, 1.165) is 38.1 Å². The van der Waals surface area contributed by atoms with Gasteiger partial charge in [0.25, 0.3) is 0 Å². The minimum Gasteiger partial charge on any atom is -0.461 e. The summed E-state index contributed by atoms with van der Waals surface area (Å²) in [5, 5.41) is 0. The molecule has 0 bridgehead atoms. The first-order chi connectivity index (χ1) is 12.8. The van der Waals surface area contributed by atoms with Gasteiger partial charge in [-0.1, -0.05) is 30.3 Å². The van der Waals surface area contributed by atoms with Gasteiger partial charge in [-0.3, -0.25) is 14.6 Å². The fourth-order valence-electron chi connectivity index (χ4n) is 4.50. The lowest BCUT2D eigenvalue weighted by Crippen LogP contribution is -2.51. The van der Waals surface area contributed by atoms with Crippen molar-refractivity contribution in [2.75, 3.05) is 32.7 Å². The minimum absolute atomic E-state index is 0.0896. The predicted molar refractivity (Wildman–Crippen MR) is 102 cm³/mol. The maximum Gasteiger partial charge on any atom is 0.211 e. The molecule has 4 rings (SSSR count). The molecule has 0 radical (unpaired) electrons. The Morgan fingerprint density at radius 2 is 1.65 bits per heavy atom. The summed E-state index contributed by atoms with van der Waals surface area (Å²) in [5.41, 5.74) is 1.51. The Kier molecular flexibility index (Phi) is 5.51. The highest BCUT2D eigenvalue weighted by Gasteiger charge is 2.29. The molecule has 138 valence electrons. The van der Waals surface area contributed by atoms with E-state index in [-0.39, 0.29) is 5.78 Å². The molecule has 2 heterocycles. The lowest BCUT2D eigenvalue weighted by Gasteiger charge is -2.42. The standard InChI is InChI=1S/C22H28N2O2/c25-21(22-7-4-16-26-22)17-23-12-14-24(15-13-23)20-10-8-19(9-11-20)18-5-2-1-3-6-18/h1-7,16,19-20H,8-15,17H2. The molecule has 2 aliphatic rings. The maximum absolute atomic E-state index is 12.2. The van der Waals surface area contributed by atoms with Gasteiger partial charge in [-0.15, -0.1) is 0 Å². The molecule has 1 saturated carbocycles. The highest BCUT2D eigenvalue weighted by molar-refractivity contribution is 5.94. The van der Waals surface area contributed by atoms with Gasteiger partial charge in [0.15, 0.2) is 5.76 Å². The zero-order chi connectivity index (χ0) is 17.8. The number of furan rings is 1. The first-order valence-corrected chi connectivity index (χ1v) is 9.87. The molecule has 4 nitrogen and oxygen atoms in total. The van der Waals surface area contributed by atoms with Gasteiger partial charge < -0.3 is 4.42 Å². The number of carbonyl (C=O) groups excluding carboxylic acids is 1. The van der Waals surface area contributed by atoms with E-state index in [1.807, 2.05) is 0 Å². The fraction of sp³-hybridized carbons (Fsp3) is 0.500. The van der Waals surface area contributed by atoms with E-state index >= 15 is 0 Å². The molecular formula is C22H28N2O2. The smallest absolute Gasteiger partial charge is 0.211 e. The van der Waals surface area contributed by atoms with Gasteiger partial charge in [0.2, 0.25) is 5.78 Å². The summed E-state index contributed by atoms with van der Waals surface area (Å²) in [7, 11) is 0. The topological polar surface area (TPSA) is 36.7 Å². The number of nitrogens with zero attached hydrogens (tertiary/aromatic N) is 2. The Morgan fingerprint density at radius 1 is 0.923 bits per heavy atom. The summed E-state index contributed by atoms with van der Waals surface area (Å²) in [6.07, 6.45) is 6.75. The lowest BCUT2D eigenvalue weighted by molar-refractivity contribution is 0.0661. The van der Waals surface area contributed by atoms with Crippen molar-refractivity contribution in [3.8, 4) is 0 Å². The number of hydrogen-bond donors (Lipinski definition) is 0. The Hall–Kier alpha value is -1.91. The van der Waals surface area contributed by atoms with Crippen LogP contribution in [-0.2, 0) is 0 Å². The monoisotopic (exact) mass is 352 g/mol. The molecule has 4 heteroatoms. The van der Waals surface area contributed by atoms with Gasteiger partial charge in [-0.05, 0) is 49.3 Å². The van der Waals surface area contributed by atoms with Crippen LogP contribution in [0.25, 0.3) is 0 Å². The molecule has 1 aliphatic heterocycles. The zero-order valence-corrected chi connectivity index (χ0v) is 15.3. The molecule has 0 unspecified atom stereocenters. The van der Waals surface area contributed by atoms with Gasteiger partial charge >= 0.3 is 0 Å². The average molecular weight is 352 g/mol. The molecule has 0 spiro atoms. The first-order valence-electron chi connectivity index (χ1n) is 9.87. The average Bonchev–Trinajstić information content (AvgIpc) is 3.25. The van der Waals surface area contributed by atoms with Gasteiger partial charge in [0.1, 0.15) is 0 Å². The third-order valence-electron chi connectivity index (χ3n) is 6.05. The summed E-state index contributed by atoms with van der Waals surface area (Å²) in [6.45, 7) is 4.58. The van der Waals surface area contributed by atoms with Crippen molar-refractivity contribution >= 4 is 5.78 Å². The van der Waals surface area contributed by atoms with Gasteiger partial charge in [0.05, 0.1) is 12.8 Å². The highest BCUT2D eigenvalue weighted by Crippen LogP contribution is 2.34. The van der Waals surface area contributed by atoms with Gasteiger partial charge in [-0.2, -0.15) is 0 Å². The van der Waals surface area contributed by atoms with Crippen LogP contribution in [0.3, 0.4) is 0 Å². The van der Waals surface area contributed by atoms with E-state index in [4.69, 9.17) is 4.42 Å². The van der Waals surface area contributed by atoms with Crippen molar-refractivity contribution in [3.05, 3.63) is 60.1 Å². The predicted octanol–water partition coefficient (Wildman–Crippen LogP) is 3.81. The molecule has 0 N–H and O–H groups in total. The van der Waals surface area contributed by atoms with Crippen LogP contribution < -0.4 is 0 Å². The van der Waals surface area contributed by atoms with Crippen molar-refractivity contribution in [2.45, 2.75) is 37.6 Å². The van der Waals surface area contributed by atoms with Crippen LogP contribution in [0.4, 0.5) is 0 Å². The third-order valence-corrected chi connectivity index (χ3v) is 6.05. The van der Waals surface area contributed by atoms with Crippen LogP contribution >= 0.6 is 0 Å². The summed E-state index contributed by atoms with van der Waals surface area (Å²) < 4.78 is 5.21. The van der Waals surface area contributed by atoms with Crippen LogP contribution in [0, 0.1) is 0 Å². The second-order valence-electron chi connectivity index (χ2n) is 7.63. The van der Waals surface area contributed by atoms with Crippen LogP contribution in [0.1, 0.15) is 47.7 Å². The van der Waals surface area contributed by atoms with Crippen LogP contribution in [0.15, 0.2) is 53.1 Å². The molecular weight excluding hydrogens is 324 g/mol. The van der Waals surface area contributed by atoms with E-state index in [0.29, 0.717) is 12.3 Å². The third kappa shape index (κ3) is 4.08. The number of rotatable bonds is 5. The number of ketones is 1. The largest absolute Gasteiger partial charge is 0.461 e. The molecule has 1 aliphatic carbocycles. The molecule has 1 aromatic carbocycles. The molecule has 26 heavy (non-hydrogen) atoms. The van der Waals surface area contributed by atoms with Crippen molar-refractivity contribution < 1.29 is 9.21 Å². The minimum atomic E-state index is 0.0896. The van der Waals surface area contributed by atoms with Crippen molar-refractivity contribution in [1.29, 1.82) is 0 Å². The normalized spacial score (nSPS) is 25.2. The summed E-state index contributed by atoms with van der Waals surface area (Å²) in [6, 6.07) is 15.2. The first kappa shape index (κ1) is 17.5. The molecule has 1 aromatic heterocycles. The van der Waals surface area contributed by atoms with Crippen molar-refractivity contribution in [3.63, 3.8) is 0 Å². The number of Topliss-reactive ketones (excluding diaryl/α,β-unsaturated/α-hetero) is 1. The molecule has 2 aromatic rings. The zero-order valence-electron chi connectivity index (χ0n) is 15.3. The molecule has 2 fully saturated rings. The Labute approximate surface area is 155 Å².